The minimum atomic E-state index is 0.676. The van der Waals surface area contributed by atoms with Gasteiger partial charge < -0.3 is 0 Å². The fraction of sp³-hybridized carbons (Fsp3) is 0. The van der Waals surface area contributed by atoms with Gasteiger partial charge in [-0.2, -0.15) is 3.71 Å². The lowest BCUT2D eigenvalue weighted by atomic mass is 10.6. The van der Waals surface area contributed by atoms with E-state index >= 15 is 0 Å². The summed E-state index contributed by atoms with van der Waals surface area (Å²) in [5.41, 5.74) is 1.36. The van der Waals surface area contributed by atoms with Crippen LogP contribution in [0.2, 0.25) is 0 Å². The molecule has 6 heteroatoms. The molecule has 0 saturated carbocycles. The molecule has 0 aliphatic rings. The molecule has 10 heavy (non-hydrogen) atoms. The van der Waals surface area contributed by atoms with Gasteiger partial charge in [0.15, 0.2) is 11.2 Å². The Hall–Kier alpha value is -1.04. The molecule has 0 aromatic carbocycles. The van der Waals surface area contributed by atoms with E-state index in [4.69, 9.17) is 0 Å². The van der Waals surface area contributed by atoms with Crippen molar-refractivity contribution in [2.45, 2.75) is 0 Å². The van der Waals surface area contributed by atoms with Crippen molar-refractivity contribution in [2.24, 2.45) is 0 Å². The first-order valence-electron chi connectivity index (χ1n) is 2.55. The Morgan fingerprint density at radius 3 is 3.20 bits per heavy atom. The van der Waals surface area contributed by atoms with Gasteiger partial charge in [-0.05, 0) is 0 Å². The number of halogens is 1. The Morgan fingerprint density at radius 2 is 2.40 bits per heavy atom. The molecule has 5 nitrogen and oxygen atoms in total. The Balaban J connectivity index is 2.93. The first kappa shape index (κ1) is 5.72. The van der Waals surface area contributed by atoms with E-state index in [1.54, 1.807) is 6.20 Å². The van der Waals surface area contributed by atoms with Crippen LogP contribution in [0.5, 0.6) is 0 Å². The van der Waals surface area contributed by atoms with Gasteiger partial charge in [-0.25, -0.2) is 9.97 Å². The van der Waals surface area contributed by atoms with E-state index in [2.05, 4.69) is 36.4 Å². The second kappa shape index (κ2) is 1.98. The van der Waals surface area contributed by atoms with Crippen LogP contribution in [0.25, 0.3) is 11.2 Å². The van der Waals surface area contributed by atoms with E-state index in [1.165, 1.54) is 10.0 Å². The lowest BCUT2D eigenvalue weighted by molar-refractivity contribution is 0.918. The standard InChI is InChI=1S/C4H2BrN5/c5-10-4-3(8-9-10)1-6-2-7-4/h1-2H. The molecular formula is C4H2BrN5. The highest BCUT2D eigenvalue weighted by Crippen LogP contribution is 2.05. The summed E-state index contributed by atoms with van der Waals surface area (Å²) in [5.74, 6) is 0. The van der Waals surface area contributed by atoms with Crippen LogP contribution >= 0.6 is 16.1 Å². The molecule has 0 amide bonds. The van der Waals surface area contributed by atoms with Crippen molar-refractivity contribution in [1.82, 2.24) is 24.0 Å². The van der Waals surface area contributed by atoms with Crippen LogP contribution in [-0.4, -0.2) is 24.0 Å². The molecule has 0 unspecified atom stereocenters. The molecule has 0 bridgehead atoms. The normalized spacial score (nSPS) is 10.5. The summed E-state index contributed by atoms with van der Waals surface area (Å²) in [5, 5.41) is 7.44. The third kappa shape index (κ3) is 0.688. The van der Waals surface area contributed by atoms with Crippen LogP contribution in [0.4, 0.5) is 0 Å². The molecule has 0 spiro atoms. The maximum Gasteiger partial charge on any atom is 0.193 e. The zero-order valence-electron chi connectivity index (χ0n) is 4.77. The van der Waals surface area contributed by atoms with Gasteiger partial charge in [-0.15, -0.1) is 5.10 Å². The first-order valence-corrected chi connectivity index (χ1v) is 3.26. The summed E-state index contributed by atoms with van der Waals surface area (Å²) in [6, 6.07) is 0. The summed E-state index contributed by atoms with van der Waals surface area (Å²) in [4.78, 5) is 7.70. The maximum atomic E-state index is 3.92. The van der Waals surface area contributed by atoms with Gasteiger partial charge >= 0.3 is 0 Å². The molecule has 2 heterocycles. The molecule has 0 aliphatic carbocycles. The van der Waals surface area contributed by atoms with Crippen molar-refractivity contribution in [1.29, 1.82) is 0 Å². The summed E-state index contributed by atoms with van der Waals surface area (Å²) >= 11 is 3.12. The number of fused-ring (bicyclic) bond motifs is 1. The highest BCUT2D eigenvalue weighted by molar-refractivity contribution is 9.08. The number of nitrogens with zero attached hydrogens (tertiary/aromatic N) is 5. The predicted molar refractivity (Wildman–Crippen MR) is 37.4 cm³/mol. The van der Waals surface area contributed by atoms with E-state index in [9.17, 15) is 0 Å². The van der Waals surface area contributed by atoms with Crippen molar-refractivity contribution in [2.75, 3.05) is 0 Å². The van der Waals surface area contributed by atoms with Gasteiger partial charge in [0, 0.05) is 0 Å². The molecule has 50 valence electrons. The van der Waals surface area contributed by atoms with Crippen molar-refractivity contribution in [3.8, 4) is 0 Å². The SMILES string of the molecule is Brn1nnc2cncnc21. The molecule has 0 N–H and O–H groups in total. The molecule has 0 saturated heterocycles. The van der Waals surface area contributed by atoms with Crippen molar-refractivity contribution >= 4 is 27.3 Å². The zero-order chi connectivity index (χ0) is 6.97. The van der Waals surface area contributed by atoms with E-state index < -0.39 is 0 Å². The zero-order valence-corrected chi connectivity index (χ0v) is 6.35. The second-order valence-corrected chi connectivity index (χ2v) is 2.35. The molecular weight excluding hydrogens is 198 g/mol. The van der Waals surface area contributed by atoms with Gasteiger partial charge in [0.05, 0.1) is 22.3 Å². The third-order valence-corrected chi connectivity index (χ3v) is 1.56. The van der Waals surface area contributed by atoms with Crippen LogP contribution in [-0.2, 0) is 0 Å². The minimum Gasteiger partial charge on any atom is -0.242 e. The molecule has 2 aromatic rings. The Kier molecular flexibility index (Phi) is 1.13. The average molecular weight is 200 g/mol. The topological polar surface area (TPSA) is 56.5 Å². The van der Waals surface area contributed by atoms with Gasteiger partial charge in [0.2, 0.25) is 0 Å². The third-order valence-electron chi connectivity index (χ3n) is 1.08. The van der Waals surface area contributed by atoms with Crippen molar-refractivity contribution in [3.05, 3.63) is 12.5 Å². The summed E-state index contributed by atoms with van der Waals surface area (Å²) in [7, 11) is 0. The lowest BCUT2D eigenvalue weighted by Crippen LogP contribution is -1.83. The smallest absolute Gasteiger partial charge is 0.193 e. The first-order chi connectivity index (χ1) is 4.88. The highest BCUT2D eigenvalue weighted by Gasteiger charge is 2.00. The summed E-state index contributed by atoms with van der Waals surface area (Å²) < 4.78 is 1.42. The quantitative estimate of drug-likeness (QED) is 0.616. The fourth-order valence-corrected chi connectivity index (χ4v) is 1.00. The molecule has 0 atom stereocenters. The van der Waals surface area contributed by atoms with Gasteiger partial charge in [0.25, 0.3) is 0 Å². The number of hydrogen-bond acceptors (Lipinski definition) is 4. The van der Waals surface area contributed by atoms with Crippen LogP contribution in [0.3, 0.4) is 0 Å². The van der Waals surface area contributed by atoms with Crippen LogP contribution in [0, 0.1) is 0 Å². The number of hydrogen-bond donors (Lipinski definition) is 0. The summed E-state index contributed by atoms with van der Waals surface area (Å²) in [6.45, 7) is 0. The summed E-state index contributed by atoms with van der Waals surface area (Å²) in [6.07, 6.45) is 3.05. The Labute approximate surface area is 64.4 Å². The molecule has 0 radical (unpaired) electrons. The van der Waals surface area contributed by atoms with Crippen LogP contribution < -0.4 is 0 Å². The minimum absolute atomic E-state index is 0.676. The van der Waals surface area contributed by atoms with Crippen molar-refractivity contribution < 1.29 is 0 Å². The number of aromatic nitrogens is 5. The van der Waals surface area contributed by atoms with Gasteiger partial charge in [-0.1, -0.05) is 5.21 Å². The monoisotopic (exact) mass is 199 g/mol. The highest BCUT2D eigenvalue weighted by atomic mass is 79.9. The van der Waals surface area contributed by atoms with E-state index in [0.717, 1.165) is 0 Å². The Morgan fingerprint density at radius 1 is 1.50 bits per heavy atom. The molecule has 0 fully saturated rings. The van der Waals surface area contributed by atoms with E-state index in [0.29, 0.717) is 11.2 Å². The lowest BCUT2D eigenvalue weighted by Gasteiger charge is -1.83. The van der Waals surface area contributed by atoms with Gasteiger partial charge in [-0.3, -0.25) is 0 Å². The van der Waals surface area contributed by atoms with E-state index in [1.807, 2.05) is 0 Å². The Bertz CT molecular complexity index is 355. The van der Waals surface area contributed by atoms with Crippen LogP contribution in [0.15, 0.2) is 12.5 Å². The maximum absolute atomic E-state index is 3.92. The average Bonchev–Trinajstić information content (AvgIpc) is 2.34. The molecule has 2 rings (SSSR count). The largest absolute Gasteiger partial charge is 0.242 e. The van der Waals surface area contributed by atoms with Crippen LogP contribution in [0.1, 0.15) is 0 Å². The second-order valence-electron chi connectivity index (χ2n) is 1.68. The molecule has 2 aromatic heterocycles. The van der Waals surface area contributed by atoms with Gasteiger partial charge in [0.1, 0.15) is 6.33 Å². The number of rotatable bonds is 0. The predicted octanol–water partition coefficient (Wildman–Crippen LogP) is 0.379. The molecule has 0 aliphatic heterocycles. The van der Waals surface area contributed by atoms with E-state index in [-0.39, 0.29) is 0 Å². The fourth-order valence-electron chi connectivity index (χ4n) is 0.658. The van der Waals surface area contributed by atoms with Crippen molar-refractivity contribution in [3.63, 3.8) is 0 Å².